The number of rotatable bonds is 5. The summed E-state index contributed by atoms with van der Waals surface area (Å²) in [5, 5.41) is 9.35. The van der Waals surface area contributed by atoms with Crippen molar-refractivity contribution in [3.8, 4) is 22.5 Å². The monoisotopic (exact) mass is 407 g/mol. The molecule has 0 aliphatic heterocycles. The number of nitrogen functional groups attached to an aromatic ring is 1. The van der Waals surface area contributed by atoms with Crippen LogP contribution in [-0.4, -0.2) is 25.9 Å². The number of benzene rings is 2. The van der Waals surface area contributed by atoms with Crippen LogP contribution in [0.1, 0.15) is 12.8 Å². The Morgan fingerprint density at radius 2 is 1.86 bits per heavy atom. The maximum atomic E-state index is 6.48. The number of nitrogens with zero attached hydrogens (tertiary/aromatic N) is 3. The Morgan fingerprint density at radius 1 is 1.07 bits per heavy atom. The fourth-order valence-corrected chi connectivity index (χ4v) is 4.52. The van der Waals surface area contributed by atoms with Gasteiger partial charge in [-0.1, -0.05) is 41.9 Å². The van der Waals surface area contributed by atoms with E-state index in [4.69, 9.17) is 27.3 Å². The van der Waals surface area contributed by atoms with E-state index in [0.717, 1.165) is 50.1 Å². The van der Waals surface area contributed by atoms with E-state index in [1.54, 1.807) is 18.0 Å². The van der Waals surface area contributed by atoms with Crippen LogP contribution in [0.5, 0.6) is 0 Å². The van der Waals surface area contributed by atoms with Gasteiger partial charge in [0.1, 0.15) is 5.03 Å². The lowest BCUT2D eigenvalue weighted by Crippen LogP contribution is -2.02. The van der Waals surface area contributed by atoms with Crippen LogP contribution in [0.2, 0.25) is 5.02 Å². The third-order valence-electron chi connectivity index (χ3n) is 4.86. The number of halogens is 1. The lowest BCUT2D eigenvalue weighted by atomic mass is 10.0. The van der Waals surface area contributed by atoms with Gasteiger partial charge in [-0.3, -0.25) is 5.10 Å². The molecule has 7 heteroatoms. The number of nitrogens with two attached hydrogens (primary N) is 1. The van der Waals surface area contributed by atoms with Gasteiger partial charge in [0.2, 0.25) is 0 Å². The summed E-state index contributed by atoms with van der Waals surface area (Å²) in [4.78, 5) is 9.68. The van der Waals surface area contributed by atoms with Crippen LogP contribution in [0.15, 0.2) is 53.7 Å². The number of hydrogen-bond acceptors (Lipinski definition) is 5. The number of nitrogens with one attached hydrogen (secondary N) is 1. The maximum Gasteiger partial charge on any atom is 0.156 e. The fraction of sp³-hybridized carbons (Fsp3) is 0.190. The first kappa shape index (κ1) is 17.5. The Hall–Kier alpha value is -2.57. The Balaban J connectivity index is 1.68. The number of anilines is 1. The number of aromatic nitrogens is 4. The van der Waals surface area contributed by atoms with Gasteiger partial charge in [0, 0.05) is 22.3 Å². The molecule has 1 fully saturated rings. The molecule has 4 aromatic rings. The molecule has 0 atom stereocenters. The number of aromatic amines is 1. The second kappa shape index (κ2) is 7.11. The predicted molar refractivity (Wildman–Crippen MR) is 115 cm³/mol. The second-order valence-electron chi connectivity index (χ2n) is 7.02. The number of fused-ring (bicyclic) bond motifs is 1. The van der Waals surface area contributed by atoms with Crippen LogP contribution in [0.3, 0.4) is 0 Å². The Kier molecular flexibility index (Phi) is 4.45. The summed E-state index contributed by atoms with van der Waals surface area (Å²) in [7, 11) is 0. The number of thioether (sulfide) groups is 1. The first-order chi connectivity index (χ1) is 13.7. The molecule has 140 valence electrons. The molecule has 5 nitrogen and oxygen atoms in total. The zero-order chi connectivity index (χ0) is 19.1. The van der Waals surface area contributed by atoms with Crippen LogP contribution in [0.25, 0.3) is 33.4 Å². The van der Waals surface area contributed by atoms with Crippen molar-refractivity contribution in [3.05, 3.63) is 53.7 Å². The minimum Gasteiger partial charge on any atom is -0.381 e. The molecule has 2 aromatic carbocycles. The average Bonchev–Trinajstić information content (AvgIpc) is 3.42. The molecule has 28 heavy (non-hydrogen) atoms. The molecule has 3 N–H and O–H groups in total. The third-order valence-corrected chi connectivity index (χ3v) is 6.37. The summed E-state index contributed by atoms with van der Waals surface area (Å²) >= 11 is 8.17. The number of H-pyrrole nitrogens is 1. The van der Waals surface area contributed by atoms with Crippen LogP contribution in [0, 0.1) is 5.92 Å². The van der Waals surface area contributed by atoms with Crippen molar-refractivity contribution in [1.82, 2.24) is 20.2 Å². The highest BCUT2D eigenvalue weighted by Crippen LogP contribution is 2.39. The molecule has 1 aliphatic rings. The molecule has 0 unspecified atom stereocenters. The molecule has 0 spiro atoms. The zero-order valence-electron chi connectivity index (χ0n) is 15.0. The molecular weight excluding hydrogens is 390 g/mol. The van der Waals surface area contributed by atoms with E-state index in [0.29, 0.717) is 10.8 Å². The lowest BCUT2D eigenvalue weighted by molar-refractivity contribution is 0.990. The summed E-state index contributed by atoms with van der Waals surface area (Å²) < 4.78 is 0. The van der Waals surface area contributed by atoms with Gasteiger partial charge in [-0.15, -0.1) is 11.8 Å². The average molecular weight is 408 g/mol. The van der Waals surface area contributed by atoms with E-state index in [2.05, 4.69) is 10.2 Å². The van der Waals surface area contributed by atoms with E-state index in [9.17, 15) is 0 Å². The van der Waals surface area contributed by atoms with Gasteiger partial charge in [0.25, 0.3) is 0 Å². The smallest absolute Gasteiger partial charge is 0.156 e. The van der Waals surface area contributed by atoms with Crippen LogP contribution in [-0.2, 0) is 0 Å². The van der Waals surface area contributed by atoms with Crippen LogP contribution < -0.4 is 5.73 Å². The SMILES string of the molecule is Nc1nc(-c2ccccc2)c(-c2cc(Cl)c3[nH]ncc3c2)nc1SCC1CC1. The molecule has 0 radical (unpaired) electrons. The zero-order valence-corrected chi connectivity index (χ0v) is 16.6. The van der Waals surface area contributed by atoms with Gasteiger partial charge in [0.15, 0.2) is 5.82 Å². The van der Waals surface area contributed by atoms with Crippen LogP contribution >= 0.6 is 23.4 Å². The van der Waals surface area contributed by atoms with Crippen molar-refractivity contribution in [1.29, 1.82) is 0 Å². The molecular formula is C21H18ClN5S. The molecule has 0 saturated heterocycles. The van der Waals surface area contributed by atoms with Gasteiger partial charge in [-0.2, -0.15) is 5.10 Å². The molecule has 1 saturated carbocycles. The van der Waals surface area contributed by atoms with Gasteiger partial charge in [0.05, 0.1) is 28.1 Å². The minimum atomic E-state index is 0.476. The van der Waals surface area contributed by atoms with Crippen molar-refractivity contribution >= 4 is 40.1 Å². The summed E-state index contributed by atoms with van der Waals surface area (Å²) in [5.41, 5.74) is 10.5. The highest BCUT2D eigenvalue weighted by Gasteiger charge is 2.23. The summed E-state index contributed by atoms with van der Waals surface area (Å²) in [5.74, 6) is 2.29. The first-order valence-electron chi connectivity index (χ1n) is 9.18. The highest BCUT2D eigenvalue weighted by atomic mass is 35.5. The van der Waals surface area contributed by atoms with Crippen molar-refractivity contribution < 1.29 is 0 Å². The third kappa shape index (κ3) is 3.34. The van der Waals surface area contributed by atoms with Crippen molar-refractivity contribution in [2.45, 2.75) is 17.9 Å². The molecule has 5 rings (SSSR count). The molecule has 0 bridgehead atoms. The quantitative estimate of drug-likeness (QED) is 0.431. The maximum absolute atomic E-state index is 6.48. The highest BCUT2D eigenvalue weighted by molar-refractivity contribution is 7.99. The molecule has 2 aromatic heterocycles. The van der Waals surface area contributed by atoms with Gasteiger partial charge in [-0.05, 0) is 30.9 Å². The van der Waals surface area contributed by atoms with E-state index in [-0.39, 0.29) is 0 Å². The van der Waals surface area contributed by atoms with E-state index in [1.165, 1.54) is 12.8 Å². The summed E-state index contributed by atoms with van der Waals surface area (Å²) in [6, 6.07) is 13.9. The van der Waals surface area contributed by atoms with Crippen LogP contribution in [0.4, 0.5) is 5.82 Å². The van der Waals surface area contributed by atoms with E-state index < -0.39 is 0 Å². The van der Waals surface area contributed by atoms with Crippen molar-refractivity contribution in [3.63, 3.8) is 0 Å². The van der Waals surface area contributed by atoms with E-state index in [1.807, 2.05) is 42.5 Å². The second-order valence-corrected chi connectivity index (χ2v) is 8.44. The minimum absolute atomic E-state index is 0.476. The van der Waals surface area contributed by atoms with Gasteiger partial charge in [-0.25, -0.2) is 9.97 Å². The van der Waals surface area contributed by atoms with Gasteiger partial charge < -0.3 is 5.73 Å². The summed E-state index contributed by atoms with van der Waals surface area (Å²) in [6.45, 7) is 0. The first-order valence-corrected chi connectivity index (χ1v) is 10.5. The number of hydrogen-bond donors (Lipinski definition) is 2. The normalized spacial score (nSPS) is 13.9. The topological polar surface area (TPSA) is 80.5 Å². The van der Waals surface area contributed by atoms with Crippen molar-refractivity contribution in [2.24, 2.45) is 5.92 Å². The molecule has 2 heterocycles. The fourth-order valence-electron chi connectivity index (χ4n) is 3.17. The molecule has 0 amide bonds. The van der Waals surface area contributed by atoms with E-state index >= 15 is 0 Å². The van der Waals surface area contributed by atoms with Gasteiger partial charge >= 0.3 is 0 Å². The predicted octanol–water partition coefficient (Wildman–Crippen LogP) is 5.42. The van der Waals surface area contributed by atoms with Crippen molar-refractivity contribution in [2.75, 3.05) is 11.5 Å². The largest absolute Gasteiger partial charge is 0.381 e. The molecule has 1 aliphatic carbocycles. The standard InChI is InChI=1S/C21H18ClN5S/c22-16-9-14(8-15-10-24-27-17(15)16)19-18(13-4-2-1-3-5-13)25-20(23)21(26-19)28-11-12-6-7-12/h1-5,8-10,12H,6-7,11H2,(H2,23,25)(H,24,27). The Morgan fingerprint density at radius 3 is 2.64 bits per heavy atom. The Labute approximate surface area is 171 Å². The Bertz CT molecular complexity index is 1150. The lowest BCUT2D eigenvalue weighted by Gasteiger charge is -2.13. The summed E-state index contributed by atoms with van der Waals surface area (Å²) in [6.07, 6.45) is 4.35.